The predicted octanol–water partition coefficient (Wildman–Crippen LogP) is 8.11. The number of hydrogen-bond acceptors (Lipinski definition) is 6. The number of methoxy groups -OCH3 is 1. The lowest BCUT2D eigenvalue weighted by Crippen LogP contribution is -2.27. The van der Waals surface area contributed by atoms with Crippen LogP contribution in [0.4, 0.5) is 13.2 Å². The Labute approximate surface area is 229 Å². The molecule has 0 fully saturated rings. The summed E-state index contributed by atoms with van der Waals surface area (Å²) in [4.78, 5) is 0.590. The highest BCUT2D eigenvalue weighted by molar-refractivity contribution is 8.33. The van der Waals surface area contributed by atoms with Crippen LogP contribution in [0.25, 0.3) is 0 Å². The zero-order valence-electron chi connectivity index (χ0n) is 22.8. The second kappa shape index (κ2) is 10.9. The summed E-state index contributed by atoms with van der Waals surface area (Å²) in [6.07, 6.45) is 0. The van der Waals surface area contributed by atoms with E-state index in [1.54, 1.807) is 36.4 Å². The van der Waals surface area contributed by atoms with Crippen LogP contribution < -0.4 is 14.2 Å². The molecular weight excluding hydrogens is 553 g/mol. The van der Waals surface area contributed by atoms with Crippen LogP contribution in [0.5, 0.6) is 17.2 Å². The quantitative estimate of drug-likeness (QED) is 0.248. The van der Waals surface area contributed by atoms with Gasteiger partial charge in [-0.05, 0) is 119 Å². The van der Waals surface area contributed by atoms with Crippen LogP contribution >= 0.6 is 10.3 Å². The van der Waals surface area contributed by atoms with Crippen LogP contribution in [-0.4, -0.2) is 32.2 Å². The molecule has 0 radical (unpaired) electrons. The van der Waals surface area contributed by atoms with Crippen LogP contribution in [0.15, 0.2) is 87.5 Å². The van der Waals surface area contributed by atoms with Gasteiger partial charge < -0.3 is 14.2 Å². The van der Waals surface area contributed by atoms with Gasteiger partial charge in [0.1, 0.15) is 28.5 Å². The Morgan fingerprint density at radius 1 is 0.615 bits per heavy atom. The SMILES string of the molecule is COc1cccc(S(OS(=O)(=O)C(F)(F)F)(c2ccc(OC(C)(C)C)cc2)c2ccc(OC(C)(C)C)cc2)c1. The molecule has 0 spiro atoms. The topological polar surface area (TPSA) is 71.1 Å². The minimum atomic E-state index is -6.06. The summed E-state index contributed by atoms with van der Waals surface area (Å²) < 4.78 is 89.0. The van der Waals surface area contributed by atoms with E-state index in [4.69, 9.17) is 17.8 Å². The molecule has 0 N–H and O–H groups in total. The highest BCUT2D eigenvalue weighted by Gasteiger charge is 2.52. The van der Waals surface area contributed by atoms with Gasteiger partial charge in [-0.25, -0.2) is 0 Å². The van der Waals surface area contributed by atoms with Gasteiger partial charge in [-0.1, -0.05) is 6.07 Å². The highest BCUT2D eigenvalue weighted by atomic mass is 32.3. The first-order chi connectivity index (χ1) is 17.9. The smallest absolute Gasteiger partial charge is 0.497 e. The van der Waals surface area contributed by atoms with Crippen molar-refractivity contribution in [2.45, 2.75) is 72.9 Å². The number of halogens is 3. The molecule has 0 bridgehead atoms. The zero-order chi connectivity index (χ0) is 29.3. The lowest BCUT2D eigenvalue weighted by molar-refractivity contribution is -0.0496. The van der Waals surface area contributed by atoms with E-state index >= 15 is 0 Å². The largest absolute Gasteiger partial charge is 0.524 e. The monoisotopic (exact) mass is 586 g/mol. The van der Waals surface area contributed by atoms with Crippen molar-refractivity contribution in [1.29, 1.82) is 0 Å². The fourth-order valence-electron chi connectivity index (χ4n) is 3.58. The summed E-state index contributed by atoms with van der Waals surface area (Å²) in [5.74, 6) is 1.23. The van der Waals surface area contributed by atoms with Crippen LogP contribution in [0, 0.1) is 0 Å². The standard InChI is InChI=1S/C28H33F3O6S2/c1-26(2,3)35-20-11-15-23(16-12-20)38(37-39(32,33)28(29,30)31,25-10-8-9-22(19-25)34-7)24-17-13-21(14-18-24)36-27(4,5)6/h8-19H,1-7H3. The van der Waals surface area contributed by atoms with Crippen molar-refractivity contribution >= 4 is 20.4 Å². The van der Waals surface area contributed by atoms with Crippen molar-refractivity contribution in [2.24, 2.45) is 0 Å². The highest BCUT2D eigenvalue weighted by Crippen LogP contribution is 2.71. The van der Waals surface area contributed by atoms with Crippen molar-refractivity contribution in [3.05, 3.63) is 72.8 Å². The zero-order valence-corrected chi connectivity index (χ0v) is 24.5. The van der Waals surface area contributed by atoms with Gasteiger partial charge in [-0.3, -0.25) is 0 Å². The van der Waals surface area contributed by atoms with Crippen LogP contribution in [-0.2, 0) is 13.7 Å². The number of alkyl halides is 3. The number of ether oxygens (including phenoxy) is 3. The molecule has 214 valence electrons. The lowest BCUT2D eigenvalue weighted by Gasteiger charge is -2.39. The van der Waals surface area contributed by atoms with E-state index in [0.717, 1.165) is 0 Å². The summed E-state index contributed by atoms with van der Waals surface area (Å²) in [6.45, 7) is 11.1. The first-order valence-corrected chi connectivity index (χ1v) is 14.9. The second-order valence-electron chi connectivity index (χ2n) is 10.6. The Balaban J connectivity index is 2.35. The third kappa shape index (κ3) is 7.40. The summed E-state index contributed by atoms with van der Waals surface area (Å²) >= 11 is 0. The van der Waals surface area contributed by atoms with E-state index in [9.17, 15) is 21.6 Å². The summed E-state index contributed by atoms with van der Waals surface area (Å²) in [5, 5.41) is 0. The fourth-order valence-corrected chi connectivity index (χ4v) is 8.32. The van der Waals surface area contributed by atoms with Crippen LogP contribution in [0.2, 0.25) is 0 Å². The molecule has 39 heavy (non-hydrogen) atoms. The normalized spacial score (nSPS) is 13.6. The first-order valence-electron chi connectivity index (χ1n) is 11.9. The van der Waals surface area contributed by atoms with Crippen molar-refractivity contribution in [3.63, 3.8) is 0 Å². The second-order valence-corrected chi connectivity index (χ2v) is 15.0. The van der Waals surface area contributed by atoms with E-state index in [1.165, 1.54) is 43.5 Å². The molecule has 6 nitrogen and oxygen atoms in total. The predicted molar refractivity (Wildman–Crippen MR) is 145 cm³/mol. The Morgan fingerprint density at radius 3 is 1.41 bits per heavy atom. The van der Waals surface area contributed by atoms with E-state index in [-0.39, 0.29) is 14.7 Å². The van der Waals surface area contributed by atoms with Crippen LogP contribution in [0.1, 0.15) is 41.5 Å². The number of rotatable bonds is 8. The van der Waals surface area contributed by atoms with Gasteiger partial charge in [0.15, 0.2) is 0 Å². The first kappa shape index (κ1) is 30.6. The fraction of sp³-hybridized carbons (Fsp3) is 0.357. The molecule has 0 aromatic heterocycles. The Hall–Kier alpha value is -2.89. The molecular formula is C28H33F3O6S2. The minimum Gasteiger partial charge on any atom is -0.497 e. The van der Waals surface area contributed by atoms with E-state index in [0.29, 0.717) is 17.2 Å². The summed E-state index contributed by atoms with van der Waals surface area (Å²) in [6, 6.07) is 18.5. The van der Waals surface area contributed by atoms with E-state index < -0.39 is 37.1 Å². The maximum atomic E-state index is 13.8. The maximum absolute atomic E-state index is 13.8. The van der Waals surface area contributed by atoms with Crippen molar-refractivity contribution in [2.75, 3.05) is 7.11 Å². The number of benzene rings is 3. The lowest BCUT2D eigenvalue weighted by atomic mass is 10.2. The van der Waals surface area contributed by atoms with Gasteiger partial charge in [0.05, 0.1) is 7.11 Å². The third-order valence-corrected chi connectivity index (χ3v) is 9.90. The Kier molecular flexibility index (Phi) is 8.60. The van der Waals surface area contributed by atoms with Gasteiger partial charge in [0, 0.05) is 14.7 Å². The molecule has 0 unspecified atom stereocenters. The van der Waals surface area contributed by atoms with Crippen molar-refractivity contribution in [3.8, 4) is 17.2 Å². The van der Waals surface area contributed by atoms with Crippen LogP contribution in [0.3, 0.4) is 0 Å². The Bertz CT molecular complexity index is 1310. The number of hydrogen-bond donors (Lipinski definition) is 0. The third-order valence-electron chi connectivity index (χ3n) is 5.01. The summed E-state index contributed by atoms with van der Waals surface area (Å²) in [5.41, 5.74) is -6.72. The maximum Gasteiger partial charge on any atom is 0.524 e. The van der Waals surface area contributed by atoms with Crippen molar-refractivity contribution in [1.82, 2.24) is 0 Å². The van der Waals surface area contributed by atoms with E-state index in [1.807, 2.05) is 41.5 Å². The van der Waals surface area contributed by atoms with Gasteiger partial charge in [0.25, 0.3) is 0 Å². The molecule has 0 aliphatic heterocycles. The van der Waals surface area contributed by atoms with Gasteiger partial charge in [-0.2, -0.15) is 25.2 Å². The molecule has 0 saturated carbocycles. The Morgan fingerprint density at radius 2 is 1.05 bits per heavy atom. The van der Waals surface area contributed by atoms with Crippen molar-refractivity contribution < 1.29 is 39.4 Å². The van der Waals surface area contributed by atoms with E-state index in [2.05, 4.69) is 0 Å². The minimum absolute atomic E-state index is 0.184. The molecule has 3 rings (SSSR count). The molecule has 0 amide bonds. The average molecular weight is 587 g/mol. The van der Waals surface area contributed by atoms with Gasteiger partial charge >= 0.3 is 15.6 Å². The molecule has 0 aliphatic carbocycles. The van der Waals surface area contributed by atoms with Gasteiger partial charge in [0.2, 0.25) is 0 Å². The molecule has 11 heteroatoms. The molecule has 3 aromatic rings. The molecule has 0 atom stereocenters. The molecule has 3 aromatic carbocycles. The average Bonchev–Trinajstić information content (AvgIpc) is 2.81. The molecule has 0 heterocycles. The summed E-state index contributed by atoms with van der Waals surface area (Å²) in [7, 11) is -8.19. The molecule has 0 saturated heterocycles. The van der Waals surface area contributed by atoms with Gasteiger partial charge in [-0.15, -0.1) is 0 Å². The molecule has 0 aliphatic rings.